The molecule has 2 heterocycles. The summed E-state index contributed by atoms with van der Waals surface area (Å²) >= 11 is 1.23. The second-order valence-electron chi connectivity index (χ2n) is 3.37. The highest BCUT2D eigenvalue weighted by molar-refractivity contribution is 7.94. The van der Waals surface area contributed by atoms with Gasteiger partial charge in [0.05, 0.1) is 0 Å². The fourth-order valence-corrected chi connectivity index (χ4v) is 4.36. The van der Waals surface area contributed by atoms with E-state index in [-0.39, 0.29) is 0 Å². The molecular formula is C8H13N3O2S2. The number of rotatable bonds is 2. The van der Waals surface area contributed by atoms with Crippen LogP contribution in [0.3, 0.4) is 0 Å². The van der Waals surface area contributed by atoms with Gasteiger partial charge in [0.2, 0.25) is 9.84 Å². The van der Waals surface area contributed by atoms with E-state index in [0.717, 1.165) is 6.54 Å². The Kier molecular flexibility index (Phi) is 3.08. The van der Waals surface area contributed by atoms with E-state index in [4.69, 9.17) is 5.84 Å². The van der Waals surface area contributed by atoms with Gasteiger partial charge in [-0.2, -0.15) is 0 Å². The van der Waals surface area contributed by atoms with Crippen LogP contribution in [-0.4, -0.2) is 38.4 Å². The van der Waals surface area contributed by atoms with Gasteiger partial charge in [0.25, 0.3) is 0 Å². The van der Waals surface area contributed by atoms with E-state index >= 15 is 0 Å². The van der Waals surface area contributed by atoms with E-state index in [1.807, 2.05) is 0 Å². The van der Waals surface area contributed by atoms with Crippen molar-refractivity contribution in [2.24, 2.45) is 5.84 Å². The molecule has 0 spiro atoms. The Morgan fingerprint density at radius 3 is 3.00 bits per heavy atom. The number of nitrogens with zero attached hydrogens (tertiary/aromatic N) is 1. The van der Waals surface area contributed by atoms with Crippen molar-refractivity contribution >= 4 is 21.2 Å². The molecular weight excluding hydrogens is 234 g/mol. The summed E-state index contributed by atoms with van der Waals surface area (Å²) in [6.07, 6.45) is 0. The molecule has 1 aliphatic rings. The predicted octanol–water partition coefficient (Wildman–Crippen LogP) is -0.373. The molecule has 3 N–H and O–H groups in total. The molecule has 0 radical (unpaired) electrons. The summed E-state index contributed by atoms with van der Waals surface area (Å²) in [5.74, 6) is 5.69. The summed E-state index contributed by atoms with van der Waals surface area (Å²) < 4.78 is 24.6. The Morgan fingerprint density at radius 2 is 2.40 bits per heavy atom. The topological polar surface area (TPSA) is 75.4 Å². The zero-order chi connectivity index (χ0) is 10.9. The first kappa shape index (κ1) is 11.0. The van der Waals surface area contributed by atoms with Gasteiger partial charge in [0, 0.05) is 19.6 Å². The number of hydrazine groups is 1. The van der Waals surface area contributed by atoms with E-state index in [0.29, 0.717) is 17.3 Å². The summed E-state index contributed by atoms with van der Waals surface area (Å²) in [5.41, 5.74) is 0. The minimum absolute atomic E-state index is 0.381. The van der Waals surface area contributed by atoms with Crippen LogP contribution in [0.15, 0.2) is 21.7 Å². The van der Waals surface area contributed by atoms with Crippen LogP contribution in [0.25, 0.3) is 0 Å². The monoisotopic (exact) mass is 247 g/mol. The molecule has 1 aliphatic heterocycles. The van der Waals surface area contributed by atoms with Gasteiger partial charge in [-0.1, -0.05) is 6.07 Å². The SMILES string of the molecule is NN1CCNCC1S(=O)(=O)c1cccs1. The summed E-state index contributed by atoms with van der Waals surface area (Å²) in [4.78, 5) is 0. The highest BCUT2D eigenvalue weighted by Gasteiger charge is 2.33. The molecule has 0 aromatic carbocycles. The number of piperazine rings is 1. The lowest BCUT2D eigenvalue weighted by Crippen LogP contribution is -2.57. The molecule has 0 aliphatic carbocycles. The first-order valence-electron chi connectivity index (χ1n) is 4.62. The van der Waals surface area contributed by atoms with E-state index < -0.39 is 15.2 Å². The molecule has 7 heteroatoms. The van der Waals surface area contributed by atoms with Crippen LogP contribution < -0.4 is 11.2 Å². The maximum atomic E-state index is 12.1. The third kappa shape index (κ3) is 2.06. The van der Waals surface area contributed by atoms with Gasteiger partial charge in [0.1, 0.15) is 9.58 Å². The van der Waals surface area contributed by atoms with Crippen molar-refractivity contribution in [1.82, 2.24) is 10.3 Å². The Labute approximate surface area is 92.8 Å². The number of nitrogens with two attached hydrogens (primary N) is 1. The number of nitrogens with one attached hydrogen (secondary N) is 1. The Morgan fingerprint density at radius 1 is 1.60 bits per heavy atom. The van der Waals surface area contributed by atoms with Crippen molar-refractivity contribution in [3.8, 4) is 0 Å². The van der Waals surface area contributed by atoms with Crippen molar-refractivity contribution in [2.45, 2.75) is 9.58 Å². The number of hydrogen-bond acceptors (Lipinski definition) is 6. The van der Waals surface area contributed by atoms with Crippen LogP contribution >= 0.6 is 11.3 Å². The standard InChI is InChI=1S/C8H13N3O2S2/c9-11-4-3-10-6-7(11)15(12,13)8-2-1-5-14-8/h1-2,5,7,10H,3-4,6,9H2. The van der Waals surface area contributed by atoms with Gasteiger partial charge in [-0.05, 0) is 11.4 Å². The molecule has 5 nitrogen and oxygen atoms in total. The Hall–Kier alpha value is -0.470. The van der Waals surface area contributed by atoms with Crippen LogP contribution in [0.5, 0.6) is 0 Å². The average Bonchev–Trinajstić information content (AvgIpc) is 2.71. The lowest BCUT2D eigenvalue weighted by atomic mass is 10.4. The molecule has 0 bridgehead atoms. The maximum absolute atomic E-state index is 12.1. The van der Waals surface area contributed by atoms with Gasteiger partial charge in [0.15, 0.2) is 0 Å². The van der Waals surface area contributed by atoms with E-state index in [1.165, 1.54) is 16.3 Å². The highest BCUT2D eigenvalue weighted by Crippen LogP contribution is 2.22. The van der Waals surface area contributed by atoms with Crippen LogP contribution in [0.1, 0.15) is 0 Å². The van der Waals surface area contributed by atoms with Crippen LogP contribution in [0.2, 0.25) is 0 Å². The second kappa shape index (κ2) is 4.18. The van der Waals surface area contributed by atoms with Crippen molar-refractivity contribution < 1.29 is 8.42 Å². The first-order valence-corrected chi connectivity index (χ1v) is 7.04. The third-order valence-corrected chi connectivity index (χ3v) is 5.87. The number of thiophene rings is 1. The smallest absolute Gasteiger partial charge is 0.206 e. The quantitative estimate of drug-likeness (QED) is 0.697. The molecule has 1 atom stereocenters. The largest absolute Gasteiger partial charge is 0.313 e. The molecule has 0 amide bonds. The van der Waals surface area contributed by atoms with Gasteiger partial charge >= 0.3 is 0 Å². The Balaban J connectivity index is 2.29. The lowest BCUT2D eigenvalue weighted by Gasteiger charge is -2.31. The Bertz CT molecular complexity index is 415. The van der Waals surface area contributed by atoms with Crippen LogP contribution in [0, 0.1) is 0 Å². The molecule has 1 aromatic heterocycles. The summed E-state index contributed by atoms with van der Waals surface area (Å²) in [6.45, 7) is 1.67. The number of sulfone groups is 1. The zero-order valence-electron chi connectivity index (χ0n) is 8.09. The van der Waals surface area contributed by atoms with Crippen LogP contribution in [0.4, 0.5) is 0 Å². The predicted molar refractivity (Wildman–Crippen MR) is 59.1 cm³/mol. The van der Waals surface area contributed by atoms with E-state index in [2.05, 4.69) is 5.32 Å². The van der Waals surface area contributed by atoms with E-state index in [1.54, 1.807) is 17.5 Å². The maximum Gasteiger partial charge on any atom is 0.206 e. The molecule has 15 heavy (non-hydrogen) atoms. The summed E-state index contributed by atoms with van der Waals surface area (Å²) in [5, 5.41) is 5.54. The molecule has 1 unspecified atom stereocenters. The summed E-state index contributed by atoms with van der Waals surface area (Å²) in [6, 6.07) is 3.34. The zero-order valence-corrected chi connectivity index (χ0v) is 9.72. The molecule has 0 saturated carbocycles. The highest BCUT2D eigenvalue weighted by atomic mass is 32.2. The minimum Gasteiger partial charge on any atom is -0.313 e. The van der Waals surface area contributed by atoms with Crippen molar-refractivity contribution in [1.29, 1.82) is 0 Å². The molecule has 84 valence electrons. The van der Waals surface area contributed by atoms with Gasteiger partial charge in [-0.15, -0.1) is 11.3 Å². The van der Waals surface area contributed by atoms with Crippen molar-refractivity contribution in [3.05, 3.63) is 17.5 Å². The van der Waals surface area contributed by atoms with Crippen molar-refractivity contribution in [3.63, 3.8) is 0 Å². The average molecular weight is 247 g/mol. The normalized spacial score (nSPS) is 24.2. The molecule has 1 fully saturated rings. The van der Waals surface area contributed by atoms with Crippen molar-refractivity contribution in [2.75, 3.05) is 19.6 Å². The fourth-order valence-electron chi connectivity index (χ4n) is 1.54. The lowest BCUT2D eigenvalue weighted by molar-refractivity contribution is 0.216. The molecule has 1 saturated heterocycles. The first-order chi connectivity index (χ1) is 7.12. The number of hydrogen-bond donors (Lipinski definition) is 2. The van der Waals surface area contributed by atoms with Crippen LogP contribution in [-0.2, 0) is 9.84 Å². The van der Waals surface area contributed by atoms with E-state index in [9.17, 15) is 8.42 Å². The molecule has 2 rings (SSSR count). The second-order valence-corrected chi connectivity index (χ2v) is 6.65. The minimum atomic E-state index is -3.31. The molecule has 1 aromatic rings. The van der Waals surface area contributed by atoms with Gasteiger partial charge in [-0.25, -0.2) is 13.4 Å². The summed E-state index contributed by atoms with van der Waals surface area (Å²) in [7, 11) is -3.31. The van der Waals surface area contributed by atoms with Gasteiger partial charge in [-0.3, -0.25) is 5.84 Å². The van der Waals surface area contributed by atoms with Gasteiger partial charge < -0.3 is 5.32 Å². The fraction of sp³-hybridized carbons (Fsp3) is 0.500. The third-order valence-electron chi connectivity index (χ3n) is 2.37.